The number of nitrogens with one attached hydrogen (secondary N) is 1. The lowest BCUT2D eigenvalue weighted by Crippen LogP contribution is -2.42. The van der Waals surface area contributed by atoms with Crippen molar-refractivity contribution >= 4 is 29.1 Å². The molecular formula is C25H24ClFN4O3. The van der Waals surface area contributed by atoms with E-state index in [0.717, 1.165) is 11.3 Å². The van der Waals surface area contributed by atoms with Gasteiger partial charge in [-0.25, -0.2) is 9.37 Å². The van der Waals surface area contributed by atoms with Crippen molar-refractivity contribution in [1.82, 2.24) is 14.5 Å². The molecule has 7 nitrogen and oxygen atoms in total. The van der Waals surface area contributed by atoms with Gasteiger partial charge in [-0.15, -0.1) is 0 Å². The van der Waals surface area contributed by atoms with Gasteiger partial charge in [-0.2, -0.15) is 0 Å². The smallest absolute Gasteiger partial charge is 0.274 e. The maximum atomic E-state index is 13.3. The van der Waals surface area contributed by atoms with Crippen molar-refractivity contribution in [3.8, 4) is 0 Å². The summed E-state index contributed by atoms with van der Waals surface area (Å²) in [5.74, 6) is -1.07. The van der Waals surface area contributed by atoms with E-state index in [0.29, 0.717) is 50.5 Å². The number of imidazole rings is 1. The number of anilines is 1. The summed E-state index contributed by atoms with van der Waals surface area (Å²) >= 11 is 5.79. The Bertz CT molecular complexity index is 1210. The number of aromatic nitrogens is 2. The highest BCUT2D eigenvalue weighted by Gasteiger charge is 2.32. The predicted octanol–water partition coefficient (Wildman–Crippen LogP) is 4.44. The van der Waals surface area contributed by atoms with Crippen LogP contribution in [0.3, 0.4) is 0 Å². The lowest BCUT2D eigenvalue weighted by Gasteiger charge is -2.31. The van der Waals surface area contributed by atoms with Gasteiger partial charge in [-0.05, 0) is 36.6 Å². The fourth-order valence-corrected chi connectivity index (χ4v) is 4.67. The standard InChI is InChI=1S/C25H24ClFN4O3/c26-19-12-18(6-7-20(19)27)29-24(32)17-8-10-30(11-9-17)25(33)23-21-14-34-22(13-31(21)15-28-23)16-4-2-1-3-5-16/h1-7,12,15,17,22H,8-11,13-14H2,(H,29,32)/t22-/m1/s1. The topological polar surface area (TPSA) is 76.5 Å². The summed E-state index contributed by atoms with van der Waals surface area (Å²) in [5.41, 5.74) is 2.74. The molecule has 0 radical (unpaired) electrons. The molecular weight excluding hydrogens is 459 g/mol. The van der Waals surface area contributed by atoms with Crippen molar-refractivity contribution in [1.29, 1.82) is 0 Å². The van der Waals surface area contributed by atoms with Gasteiger partial charge in [0.1, 0.15) is 11.9 Å². The van der Waals surface area contributed by atoms with Gasteiger partial charge in [0.2, 0.25) is 5.91 Å². The van der Waals surface area contributed by atoms with Gasteiger partial charge < -0.3 is 19.5 Å². The molecule has 2 aliphatic rings. The lowest BCUT2D eigenvalue weighted by atomic mass is 9.95. The number of amides is 2. The van der Waals surface area contributed by atoms with E-state index in [2.05, 4.69) is 10.3 Å². The minimum atomic E-state index is -0.533. The van der Waals surface area contributed by atoms with E-state index >= 15 is 0 Å². The van der Waals surface area contributed by atoms with Gasteiger partial charge in [-0.1, -0.05) is 41.9 Å². The molecule has 5 rings (SSSR count). The normalized spacial score (nSPS) is 18.4. The Hall–Kier alpha value is -3.23. The average Bonchev–Trinajstić information content (AvgIpc) is 3.30. The molecule has 3 heterocycles. The molecule has 1 N–H and O–H groups in total. The molecule has 0 unspecified atom stereocenters. The summed E-state index contributed by atoms with van der Waals surface area (Å²) in [6.07, 6.45) is 2.70. The molecule has 0 aliphatic carbocycles. The van der Waals surface area contributed by atoms with Crippen molar-refractivity contribution < 1.29 is 18.7 Å². The summed E-state index contributed by atoms with van der Waals surface area (Å²) < 4.78 is 21.4. The first-order valence-corrected chi connectivity index (χ1v) is 11.6. The Labute approximate surface area is 201 Å². The zero-order valence-electron chi connectivity index (χ0n) is 18.4. The highest BCUT2D eigenvalue weighted by Crippen LogP contribution is 2.29. The van der Waals surface area contributed by atoms with E-state index in [1.54, 1.807) is 11.2 Å². The Morgan fingerprint density at radius 3 is 2.62 bits per heavy atom. The summed E-state index contributed by atoms with van der Waals surface area (Å²) in [6.45, 7) is 1.84. The minimum absolute atomic E-state index is 0.0410. The fraction of sp³-hybridized carbons (Fsp3) is 0.320. The van der Waals surface area contributed by atoms with Gasteiger partial charge >= 0.3 is 0 Å². The summed E-state index contributed by atoms with van der Waals surface area (Å²) in [6, 6.07) is 14.1. The molecule has 2 aliphatic heterocycles. The van der Waals surface area contributed by atoms with E-state index in [9.17, 15) is 14.0 Å². The molecule has 1 aromatic heterocycles. The maximum absolute atomic E-state index is 13.3. The molecule has 9 heteroatoms. The SMILES string of the molecule is O=C(Nc1ccc(F)c(Cl)c1)C1CCN(C(=O)c2ncn3c2CO[C@@H](c2ccccc2)C3)CC1. The van der Waals surface area contributed by atoms with Crippen LogP contribution in [0.5, 0.6) is 0 Å². The van der Waals surface area contributed by atoms with Gasteiger partial charge in [0.25, 0.3) is 5.91 Å². The third-order valence-corrected chi connectivity index (χ3v) is 6.73. The van der Waals surface area contributed by atoms with Crippen molar-refractivity contribution in [3.63, 3.8) is 0 Å². The van der Waals surface area contributed by atoms with Crippen molar-refractivity contribution in [2.45, 2.75) is 32.1 Å². The third-order valence-electron chi connectivity index (χ3n) is 6.44. The number of ether oxygens (including phenoxy) is 1. The van der Waals surface area contributed by atoms with E-state index in [-0.39, 0.29) is 28.9 Å². The second kappa shape index (κ2) is 9.56. The van der Waals surface area contributed by atoms with Crippen molar-refractivity contribution in [2.75, 3.05) is 18.4 Å². The summed E-state index contributed by atoms with van der Waals surface area (Å²) in [5, 5.41) is 2.74. The maximum Gasteiger partial charge on any atom is 0.274 e. The highest BCUT2D eigenvalue weighted by atomic mass is 35.5. The number of carbonyl (C=O) groups is 2. The number of rotatable bonds is 4. The van der Waals surface area contributed by atoms with Crippen LogP contribution in [-0.2, 0) is 22.7 Å². The number of piperidine rings is 1. The molecule has 0 saturated carbocycles. The van der Waals surface area contributed by atoms with Gasteiger partial charge in [0.05, 0.1) is 30.2 Å². The van der Waals surface area contributed by atoms with E-state index in [4.69, 9.17) is 16.3 Å². The zero-order valence-corrected chi connectivity index (χ0v) is 19.2. The molecule has 1 atom stereocenters. The van der Waals surface area contributed by atoms with Crippen LogP contribution in [0.1, 0.15) is 40.7 Å². The fourth-order valence-electron chi connectivity index (χ4n) is 4.49. The number of nitrogens with zero attached hydrogens (tertiary/aromatic N) is 3. The monoisotopic (exact) mass is 482 g/mol. The molecule has 2 amide bonds. The minimum Gasteiger partial charge on any atom is -0.365 e. The highest BCUT2D eigenvalue weighted by molar-refractivity contribution is 6.31. The molecule has 1 saturated heterocycles. The van der Waals surface area contributed by atoms with Crippen molar-refractivity contribution in [3.05, 3.63) is 82.6 Å². The van der Waals surface area contributed by atoms with Crippen LogP contribution in [-0.4, -0.2) is 39.4 Å². The van der Waals surface area contributed by atoms with Gasteiger partial charge in [-0.3, -0.25) is 9.59 Å². The molecule has 176 valence electrons. The van der Waals surface area contributed by atoms with Crippen LogP contribution in [0.15, 0.2) is 54.9 Å². The number of halogens is 2. The van der Waals surface area contributed by atoms with E-state index < -0.39 is 5.82 Å². The Morgan fingerprint density at radius 2 is 1.88 bits per heavy atom. The van der Waals surface area contributed by atoms with Crippen LogP contribution in [0.4, 0.5) is 10.1 Å². The average molecular weight is 483 g/mol. The van der Waals surface area contributed by atoms with Crippen LogP contribution in [0.25, 0.3) is 0 Å². The van der Waals surface area contributed by atoms with Gasteiger partial charge in [0.15, 0.2) is 5.69 Å². The quantitative estimate of drug-likeness (QED) is 0.596. The Balaban J connectivity index is 1.18. The molecule has 2 aromatic carbocycles. The molecule has 0 bridgehead atoms. The van der Waals surface area contributed by atoms with E-state index in [1.165, 1.54) is 18.2 Å². The van der Waals surface area contributed by atoms with Crippen LogP contribution in [0, 0.1) is 11.7 Å². The second-order valence-corrected chi connectivity index (χ2v) is 8.99. The van der Waals surface area contributed by atoms with E-state index in [1.807, 2.05) is 34.9 Å². The molecule has 0 spiro atoms. The number of hydrogen-bond acceptors (Lipinski definition) is 4. The Kier molecular flexibility index (Phi) is 6.34. The zero-order chi connectivity index (χ0) is 23.7. The van der Waals surface area contributed by atoms with Crippen LogP contribution < -0.4 is 5.32 Å². The second-order valence-electron chi connectivity index (χ2n) is 8.59. The number of carbonyl (C=O) groups excluding carboxylic acids is 2. The van der Waals surface area contributed by atoms with Gasteiger partial charge in [0, 0.05) is 24.7 Å². The number of fused-ring (bicyclic) bond motifs is 1. The van der Waals surface area contributed by atoms with Crippen molar-refractivity contribution in [2.24, 2.45) is 5.92 Å². The first-order valence-electron chi connectivity index (χ1n) is 11.3. The number of hydrogen-bond donors (Lipinski definition) is 1. The Morgan fingerprint density at radius 1 is 1.12 bits per heavy atom. The first kappa shape index (κ1) is 22.6. The first-order chi connectivity index (χ1) is 16.5. The van der Waals surface area contributed by atoms with Crippen LogP contribution >= 0.6 is 11.6 Å². The number of likely N-dealkylation sites (tertiary alicyclic amines) is 1. The summed E-state index contributed by atoms with van der Waals surface area (Å²) in [7, 11) is 0. The molecule has 34 heavy (non-hydrogen) atoms. The predicted molar refractivity (Wildman–Crippen MR) is 125 cm³/mol. The molecule has 1 fully saturated rings. The number of benzene rings is 2. The molecule has 3 aromatic rings. The largest absolute Gasteiger partial charge is 0.365 e. The third kappa shape index (κ3) is 4.56. The summed E-state index contributed by atoms with van der Waals surface area (Å²) in [4.78, 5) is 31.9. The van der Waals surface area contributed by atoms with Crippen LogP contribution in [0.2, 0.25) is 5.02 Å². The lowest BCUT2D eigenvalue weighted by molar-refractivity contribution is -0.121.